The second-order valence-corrected chi connectivity index (χ2v) is 9.97. The third kappa shape index (κ3) is 5.44. The second-order valence-electron chi connectivity index (χ2n) is 9.97. The van der Waals surface area contributed by atoms with Crippen LogP contribution in [0, 0.1) is 11.2 Å². The van der Waals surface area contributed by atoms with Crippen molar-refractivity contribution in [2.24, 2.45) is 5.41 Å². The molecule has 0 radical (unpaired) electrons. The first-order chi connectivity index (χ1) is 16.4. The van der Waals surface area contributed by atoms with Crippen LogP contribution in [0.15, 0.2) is 42.5 Å². The fraction of sp³-hybridized carbons (Fsp3) is 0.536. The molecule has 2 aliphatic rings. The van der Waals surface area contributed by atoms with Crippen molar-refractivity contribution in [1.82, 2.24) is 10.2 Å². The number of methoxy groups -OCH3 is 2. The monoisotopic (exact) mass is 468 g/mol. The standard InChI is InChI=1S/C28H37FN2O3/c1-31-16-12-22(13-17-31)30-27(32)28(14-10-23(33-2)11-15-28)19-20-6-4-7-21(18-20)24-8-5-9-25(34-3)26(24)29/h4-9,18,22-23H,10-17,19H2,1-3H3,(H,30,32). The summed E-state index contributed by atoms with van der Waals surface area (Å²) in [5.74, 6) is 0.0295. The molecule has 1 saturated heterocycles. The molecule has 6 heteroatoms. The second kappa shape index (κ2) is 10.9. The van der Waals surface area contributed by atoms with Gasteiger partial charge in [-0.2, -0.15) is 0 Å². The number of carbonyl (C=O) groups is 1. The number of nitrogens with zero attached hydrogens (tertiary/aromatic N) is 1. The topological polar surface area (TPSA) is 50.8 Å². The van der Waals surface area contributed by atoms with Crippen molar-refractivity contribution in [1.29, 1.82) is 0 Å². The van der Waals surface area contributed by atoms with E-state index in [4.69, 9.17) is 9.47 Å². The summed E-state index contributed by atoms with van der Waals surface area (Å²) in [6.45, 7) is 2.02. The van der Waals surface area contributed by atoms with E-state index < -0.39 is 5.41 Å². The first-order valence-electron chi connectivity index (χ1n) is 12.4. The van der Waals surface area contributed by atoms with Crippen LogP contribution in [-0.2, 0) is 16.0 Å². The Morgan fingerprint density at radius 2 is 1.79 bits per heavy atom. The van der Waals surface area contributed by atoms with Gasteiger partial charge in [0.2, 0.25) is 5.91 Å². The minimum Gasteiger partial charge on any atom is -0.494 e. The quantitative estimate of drug-likeness (QED) is 0.633. The van der Waals surface area contributed by atoms with Crippen LogP contribution in [0.4, 0.5) is 4.39 Å². The van der Waals surface area contributed by atoms with Crippen molar-refractivity contribution in [2.45, 2.75) is 57.1 Å². The number of nitrogens with one attached hydrogen (secondary N) is 1. The maximum absolute atomic E-state index is 14.9. The van der Waals surface area contributed by atoms with Gasteiger partial charge in [-0.05, 0) is 82.3 Å². The molecule has 0 atom stereocenters. The number of benzene rings is 2. The highest BCUT2D eigenvalue weighted by Gasteiger charge is 2.42. The van der Waals surface area contributed by atoms with E-state index >= 15 is 0 Å². The Kier molecular flexibility index (Phi) is 7.89. The summed E-state index contributed by atoms with van der Waals surface area (Å²) in [7, 11) is 5.35. The maximum Gasteiger partial charge on any atom is 0.226 e. The molecular weight excluding hydrogens is 431 g/mol. The average Bonchev–Trinajstić information content (AvgIpc) is 2.86. The molecule has 34 heavy (non-hydrogen) atoms. The molecule has 0 unspecified atom stereocenters. The number of hydrogen-bond acceptors (Lipinski definition) is 4. The Bertz CT molecular complexity index is 979. The van der Waals surface area contributed by atoms with E-state index in [0.717, 1.165) is 62.7 Å². The average molecular weight is 469 g/mol. The minimum atomic E-state index is -0.468. The largest absolute Gasteiger partial charge is 0.494 e. The molecule has 1 heterocycles. The van der Waals surface area contributed by atoms with Crippen LogP contribution in [-0.4, -0.2) is 57.3 Å². The zero-order chi connectivity index (χ0) is 24.1. The Hall–Kier alpha value is -2.44. The van der Waals surface area contributed by atoms with Crippen molar-refractivity contribution < 1.29 is 18.7 Å². The fourth-order valence-corrected chi connectivity index (χ4v) is 5.49. The number of rotatable bonds is 7. The number of likely N-dealkylation sites (tertiary alicyclic amines) is 1. The number of carbonyl (C=O) groups excluding carboxylic acids is 1. The van der Waals surface area contributed by atoms with Crippen molar-refractivity contribution in [3.63, 3.8) is 0 Å². The van der Waals surface area contributed by atoms with E-state index in [1.54, 1.807) is 25.3 Å². The van der Waals surface area contributed by atoms with Crippen LogP contribution in [0.3, 0.4) is 0 Å². The van der Waals surface area contributed by atoms with E-state index in [-0.39, 0.29) is 29.6 Å². The summed E-state index contributed by atoms with van der Waals surface area (Å²) < 4.78 is 25.7. The van der Waals surface area contributed by atoms with E-state index in [1.807, 2.05) is 18.2 Å². The zero-order valence-corrected chi connectivity index (χ0v) is 20.6. The Morgan fingerprint density at radius 3 is 2.47 bits per heavy atom. The highest BCUT2D eigenvalue weighted by molar-refractivity contribution is 5.83. The molecule has 2 fully saturated rings. The Morgan fingerprint density at radius 1 is 1.09 bits per heavy atom. The Labute approximate surface area is 202 Å². The first-order valence-corrected chi connectivity index (χ1v) is 12.4. The van der Waals surface area contributed by atoms with Crippen molar-refractivity contribution >= 4 is 5.91 Å². The molecule has 2 aromatic rings. The molecular formula is C28H37FN2O3. The van der Waals surface area contributed by atoms with Gasteiger partial charge in [0, 0.05) is 18.7 Å². The summed E-state index contributed by atoms with van der Waals surface area (Å²) in [5, 5.41) is 3.39. The van der Waals surface area contributed by atoms with Gasteiger partial charge in [-0.25, -0.2) is 4.39 Å². The fourth-order valence-electron chi connectivity index (χ4n) is 5.49. The number of ether oxygens (including phenoxy) is 2. The molecule has 5 nitrogen and oxygen atoms in total. The summed E-state index contributed by atoms with van der Waals surface area (Å²) >= 11 is 0. The van der Waals surface area contributed by atoms with E-state index in [9.17, 15) is 9.18 Å². The van der Waals surface area contributed by atoms with Gasteiger partial charge >= 0.3 is 0 Å². The molecule has 1 aliphatic heterocycles. The third-order valence-corrected chi connectivity index (χ3v) is 7.72. The molecule has 1 amide bonds. The van der Waals surface area contributed by atoms with Gasteiger partial charge in [0.15, 0.2) is 11.6 Å². The summed E-state index contributed by atoms with van der Waals surface area (Å²) in [6.07, 6.45) is 6.17. The summed E-state index contributed by atoms with van der Waals surface area (Å²) in [6, 6.07) is 13.4. The predicted molar refractivity (Wildman–Crippen MR) is 132 cm³/mol. The van der Waals surface area contributed by atoms with E-state index in [2.05, 4.69) is 23.3 Å². The van der Waals surface area contributed by atoms with Crippen LogP contribution in [0.1, 0.15) is 44.1 Å². The molecule has 1 saturated carbocycles. The smallest absolute Gasteiger partial charge is 0.226 e. The number of halogens is 1. The van der Waals surface area contributed by atoms with Gasteiger partial charge in [-0.15, -0.1) is 0 Å². The molecule has 2 aromatic carbocycles. The highest BCUT2D eigenvalue weighted by atomic mass is 19.1. The molecule has 1 N–H and O–H groups in total. The molecule has 0 bridgehead atoms. The highest BCUT2D eigenvalue weighted by Crippen LogP contribution is 2.41. The van der Waals surface area contributed by atoms with Gasteiger partial charge < -0.3 is 19.7 Å². The minimum absolute atomic E-state index is 0.162. The number of piperidine rings is 1. The predicted octanol–water partition coefficient (Wildman–Crippen LogP) is 4.83. The lowest BCUT2D eigenvalue weighted by Crippen LogP contribution is -2.51. The van der Waals surface area contributed by atoms with Gasteiger partial charge in [-0.1, -0.05) is 36.4 Å². The lowest BCUT2D eigenvalue weighted by molar-refractivity contribution is -0.135. The van der Waals surface area contributed by atoms with Gasteiger partial charge in [-0.3, -0.25) is 4.79 Å². The molecule has 4 rings (SSSR count). The van der Waals surface area contributed by atoms with Crippen LogP contribution in [0.5, 0.6) is 5.75 Å². The number of hydrogen-bond donors (Lipinski definition) is 1. The van der Waals surface area contributed by atoms with Crippen LogP contribution in [0.25, 0.3) is 11.1 Å². The van der Waals surface area contributed by atoms with E-state index in [1.165, 1.54) is 7.11 Å². The van der Waals surface area contributed by atoms with Gasteiger partial charge in [0.25, 0.3) is 0 Å². The molecule has 184 valence electrons. The van der Waals surface area contributed by atoms with Crippen molar-refractivity contribution in [2.75, 3.05) is 34.4 Å². The maximum atomic E-state index is 14.9. The molecule has 0 aromatic heterocycles. The molecule has 1 aliphatic carbocycles. The normalized spacial score (nSPS) is 24.1. The molecule has 0 spiro atoms. The lowest BCUT2D eigenvalue weighted by Gasteiger charge is -2.40. The number of amides is 1. The SMILES string of the molecule is COc1cccc(-c2cccc(CC3(C(=O)NC4CCN(C)CC4)CCC(OC)CC3)c2)c1F. The van der Waals surface area contributed by atoms with Crippen LogP contribution in [0.2, 0.25) is 0 Å². The zero-order valence-electron chi connectivity index (χ0n) is 20.6. The first kappa shape index (κ1) is 24.7. The van der Waals surface area contributed by atoms with Crippen LogP contribution < -0.4 is 10.1 Å². The Balaban J connectivity index is 1.57. The van der Waals surface area contributed by atoms with Crippen molar-refractivity contribution in [3.8, 4) is 16.9 Å². The van der Waals surface area contributed by atoms with Gasteiger partial charge in [0.1, 0.15) is 0 Å². The summed E-state index contributed by atoms with van der Waals surface area (Å²) in [4.78, 5) is 16.0. The summed E-state index contributed by atoms with van der Waals surface area (Å²) in [5.41, 5.74) is 1.89. The lowest BCUT2D eigenvalue weighted by atomic mass is 9.68. The third-order valence-electron chi connectivity index (χ3n) is 7.72. The van der Waals surface area contributed by atoms with Gasteiger partial charge in [0.05, 0.1) is 18.6 Å². The van der Waals surface area contributed by atoms with Crippen LogP contribution >= 0.6 is 0 Å². The van der Waals surface area contributed by atoms with E-state index in [0.29, 0.717) is 12.0 Å². The van der Waals surface area contributed by atoms with Crippen molar-refractivity contribution in [3.05, 3.63) is 53.8 Å².